The predicted octanol–water partition coefficient (Wildman–Crippen LogP) is 2.76. The third-order valence-corrected chi connectivity index (χ3v) is 3.13. The van der Waals surface area contributed by atoms with Gasteiger partial charge in [0.05, 0.1) is 5.56 Å². The van der Waals surface area contributed by atoms with E-state index >= 15 is 0 Å². The second kappa shape index (κ2) is 6.69. The van der Waals surface area contributed by atoms with Crippen molar-refractivity contribution in [2.75, 3.05) is 11.9 Å². The summed E-state index contributed by atoms with van der Waals surface area (Å²) in [4.78, 5) is 4.34. The lowest BCUT2D eigenvalue weighted by Gasteiger charge is -2.13. The molecule has 0 spiro atoms. The summed E-state index contributed by atoms with van der Waals surface area (Å²) in [5, 5.41) is 12.2. The van der Waals surface area contributed by atoms with E-state index in [0.29, 0.717) is 17.9 Å². The summed E-state index contributed by atoms with van der Waals surface area (Å²) in [5.41, 5.74) is 8.70. The maximum Gasteiger partial charge on any atom is 0.144 e. The minimum Gasteiger partial charge on any atom is -0.369 e. The molecule has 0 radical (unpaired) electrons. The number of aryl methyl sites for hydroxylation is 1. The zero-order chi connectivity index (χ0) is 14.4. The Hall–Kier alpha value is -2.38. The quantitative estimate of drug-likeness (QED) is 0.872. The number of nitriles is 1. The Labute approximate surface area is 119 Å². The average Bonchev–Trinajstić information content (AvgIpc) is 2.48. The molecule has 1 aromatic carbocycles. The molecule has 0 aliphatic rings. The Morgan fingerprint density at radius 2 is 2.00 bits per heavy atom. The van der Waals surface area contributed by atoms with E-state index in [1.807, 2.05) is 43.3 Å². The van der Waals surface area contributed by atoms with Gasteiger partial charge in [0.25, 0.3) is 0 Å². The Bertz CT molecular complexity index is 602. The molecule has 20 heavy (non-hydrogen) atoms. The van der Waals surface area contributed by atoms with Crippen LogP contribution in [0.4, 0.5) is 5.82 Å². The van der Waals surface area contributed by atoms with Crippen molar-refractivity contribution in [2.24, 2.45) is 5.73 Å². The van der Waals surface area contributed by atoms with Gasteiger partial charge in [-0.1, -0.05) is 30.3 Å². The molecular weight excluding hydrogens is 248 g/mol. The molecule has 0 fully saturated rings. The van der Waals surface area contributed by atoms with Crippen LogP contribution >= 0.6 is 0 Å². The van der Waals surface area contributed by atoms with Crippen LogP contribution in [0, 0.1) is 18.3 Å². The largest absolute Gasteiger partial charge is 0.369 e. The molecule has 1 aromatic heterocycles. The van der Waals surface area contributed by atoms with Crippen LogP contribution in [0.3, 0.4) is 0 Å². The fourth-order valence-corrected chi connectivity index (χ4v) is 1.99. The SMILES string of the molecule is Cc1ccc(C#N)c(NCCC(N)c2ccccc2)n1. The maximum atomic E-state index is 9.04. The van der Waals surface area contributed by atoms with Crippen molar-refractivity contribution in [1.29, 1.82) is 5.26 Å². The lowest BCUT2D eigenvalue weighted by Crippen LogP contribution is -2.16. The van der Waals surface area contributed by atoms with Gasteiger partial charge in [0.2, 0.25) is 0 Å². The normalized spacial score (nSPS) is 11.7. The van der Waals surface area contributed by atoms with Crippen LogP contribution in [0.2, 0.25) is 0 Å². The summed E-state index contributed by atoms with van der Waals surface area (Å²) in [5.74, 6) is 0.632. The number of nitrogens with two attached hydrogens (primary N) is 1. The number of nitrogens with one attached hydrogen (secondary N) is 1. The second-order valence-corrected chi connectivity index (χ2v) is 4.69. The van der Waals surface area contributed by atoms with Crippen molar-refractivity contribution in [2.45, 2.75) is 19.4 Å². The molecular formula is C16H18N4. The van der Waals surface area contributed by atoms with Gasteiger partial charge < -0.3 is 11.1 Å². The number of anilines is 1. The summed E-state index contributed by atoms with van der Waals surface area (Å²) in [7, 11) is 0. The fourth-order valence-electron chi connectivity index (χ4n) is 1.99. The van der Waals surface area contributed by atoms with Crippen molar-refractivity contribution < 1.29 is 0 Å². The Morgan fingerprint density at radius 1 is 1.25 bits per heavy atom. The molecule has 4 heteroatoms. The molecule has 0 saturated heterocycles. The predicted molar refractivity (Wildman–Crippen MR) is 80.2 cm³/mol. The highest BCUT2D eigenvalue weighted by molar-refractivity contribution is 5.52. The van der Waals surface area contributed by atoms with Crippen molar-refractivity contribution in [3.8, 4) is 6.07 Å². The summed E-state index contributed by atoms with van der Waals surface area (Å²) in [6, 6.07) is 15.7. The van der Waals surface area contributed by atoms with E-state index < -0.39 is 0 Å². The minimum atomic E-state index is -0.0148. The summed E-state index contributed by atoms with van der Waals surface area (Å²) < 4.78 is 0. The number of pyridine rings is 1. The Balaban J connectivity index is 1.94. The number of aromatic nitrogens is 1. The van der Waals surface area contributed by atoms with Crippen molar-refractivity contribution in [3.05, 3.63) is 59.3 Å². The maximum absolute atomic E-state index is 9.04. The molecule has 0 amide bonds. The third-order valence-electron chi connectivity index (χ3n) is 3.13. The minimum absolute atomic E-state index is 0.0148. The first kappa shape index (κ1) is 14.0. The van der Waals surface area contributed by atoms with E-state index in [1.54, 1.807) is 6.07 Å². The molecule has 1 unspecified atom stereocenters. The van der Waals surface area contributed by atoms with Crippen molar-refractivity contribution in [3.63, 3.8) is 0 Å². The highest BCUT2D eigenvalue weighted by Crippen LogP contribution is 2.15. The molecule has 0 aliphatic carbocycles. The van der Waals surface area contributed by atoms with Gasteiger partial charge in [-0.3, -0.25) is 0 Å². The smallest absolute Gasteiger partial charge is 0.144 e. The van der Waals surface area contributed by atoms with Gasteiger partial charge in [-0.15, -0.1) is 0 Å². The van der Waals surface area contributed by atoms with E-state index in [9.17, 15) is 0 Å². The molecule has 0 aliphatic heterocycles. The van der Waals surface area contributed by atoms with Crippen LogP contribution in [-0.4, -0.2) is 11.5 Å². The number of hydrogen-bond acceptors (Lipinski definition) is 4. The highest BCUT2D eigenvalue weighted by Gasteiger charge is 2.07. The number of rotatable bonds is 5. The van der Waals surface area contributed by atoms with Gasteiger partial charge in [-0.05, 0) is 31.0 Å². The second-order valence-electron chi connectivity index (χ2n) is 4.69. The molecule has 1 atom stereocenters. The summed E-state index contributed by atoms with van der Waals surface area (Å²) in [6.07, 6.45) is 0.782. The number of nitrogens with zero attached hydrogens (tertiary/aromatic N) is 2. The number of benzene rings is 1. The van der Waals surface area contributed by atoms with Gasteiger partial charge in [0.1, 0.15) is 11.9 Å². The lowest BCUT2D eigenvalue weighted by atomic mass is 10.1. The van der Waals surface area contributed by atoms with Crippen molar-refractivity contribution in [1.82, 2.24) is 4.98 Å². The Morgan fingerprint density at radius 3 is 2.70 bits per heavy atom. The van der Waals surface area contributed by atoms with Crippen LogP contribution in [0.15, 0.2) is 42.5 Å². The first-order valence-electron chi connectivity index (χ1n) is 6.63. The van der Waals surface area contributed by atoms with E-state index in [2.05, 4.69) is 16.4 Å². The van der Waals surface area contributed by atoms with E-state index in [4.69, 9.17) is 11.0 Å². The number of hydrogen-bond donors (Lipinski definition) is 2. The molecule has 1 heterocycles. The molecule has 0 saturated carbocycles. The van der Waals surface area contributed by atoms with Crippen LogP contribution < -0.4 is 11.1 Å². The molecule has 2 aromatic rings. The van der Waals surface area contributed by atoms with Gasteiger partial charge in [0, 0.05) is 18.3 Å². The third kappa shape index (κ3) is 3.56. The van der Waals surface area contributed by atoms with Gasteiger partial charge >= 0.3 is 0 Å². The summed E-state index contributed by atoms with van der Waals surface area (Å²) in [6.45, 7) is 2.59. The molecule has 2 rings (SSSR count). The van der Waals surface area contributed by atoms with Gasteiger partial charge in [0.15, 0.2) is 0 Å². The van der Waals surface area contributed by atoms with Crippen molar-refractivity contribution >= 4 is 5.82 Å². The van der Waals surface area contributed by atoms with E-state index in [1.165, 1.54) is 0 Å². The monoisotopic (exact) mass is 266 g/mol. The van der Waals surface area contributed by atoms with Gasteiger partial charge in [-0.25, -0.2) is 4.98 Å². The molecule has 4 nitrogen and oxygen atoms in total. The van der Waals surface area contributed by atoms with Gasteiger partial charge in [-0.2, -0.15) is 5.26 Å². The van der Waals surface area contributed by atoms with E-state index in [0.717, 1.165) is 17.7 Å². The average molecular weight is 266 g/mol. The van der Waals surface area contributed by atoms with Crippen LogP contribution in [0.1, 0.15) is 29.3 Å². The molecule has 3 N–H and O–H groups in total. The molecule has 0 bridgehead atoms. The Kier molecular flexibility index (Phi) is 4.70. The first-order chi connectivity index (χ1) is 9.70. The fraction of sp³-hybridized carbons (Fsp3) is 0.250. The first-order valence-corrected chi connectivity index (χ1v) is 6.63. The van der Waals surface area contributed by atoms with Crippen LogP contribution in [0.5, 0.6) is 0 Å². The zero-order valence-corrected chi connectivity index (χ0v) is 11.5. The lowest BCUT2D eigenvalue weighted by molar-refractivity contribution is 0.674. The standard InChI is InChI=1S/C16H18N4/c1-12-7-8-14(11-17)16(20-12)19-10-9-15(18)13-5-3-2-4-6-13/h2-8,15H,9-10,18H2,1H3,(H,19,20). The highest BCUT2D eigenvalue weighted by atomic mass is 15.0. The topological polar surface area (TPSA) is 74.7 Å². The zero-order valence-electron chi connectivity index (χ0n) is 11.5. The summed E-state index contributed by atoms with van der Waals surface area (Å²) >= 11 is 0. The van der Waals surface area contributed by atoms with Crippen LogP contribution in [-0.2, 0) is 0 Å². The molecule has 102 valence electrons. The van der Waals surface area contributed by atoms with E-state index in [-0.39, 0.29) is 6.04 Å². The van der Waals surface area contributed by atoms with Crippen LogP contribution in [0.25, 0.3) is 0 Å².